The largest absolute Gasteiger partial charge is 0.496 e. The average Bonchev–Trinajstić information content (AvgIpc) is 2.34. The van der Waals surface area contributed by atoms with Crippen molar-refractivity contribution in [1.29, 1.82) is 0 Å². The molecule has 0 fully saturated rings. The van der Waals surface area contributed by atoms with Crippen molar-refractivity contribution < 1.29 is 14.3 Å². The monoisotopic (exact) mass is 255 g/mol. The molecule has 0 saturated heterocycles. The minimum absolute atomic E-state index is 0.305. The minimum atomic E-state index is -0.430. The maximum absolute atomic E-state index is 11.8. The number of benzene rings is 1. The summed E-state index contributed by atoms with van der Waals surface area (Å²) in [6.07, 6.45) is 2.85. The molecule has 5 heteroatoms. The highest BCUT2D eigenvalue weighted by Crippen LogP contribution is 2.24. The molecule has 4 nitrogen and oxygen atoms in total. The number of rotatable bonds is 6. The van der Waals surface area contributed by atoms with Gasteiger partial charge in [-0.2, -0.15) is 11.8 Å². The van der Waals surface area contributed by atoms with Crippen LogP contribution in [0.4, 0.5) is 5.69 Å². The molecular formula is C12H17NO3S. The molecule has 2 N–H and O–H groups in total. The van der Waals surface area contributed by atoms with Gasteiger partial charge in [-0.25, -0.2) is 4.79 Å². The Morgan fingerprint density at radius 3 is 2.88 bits per heavy atom. The Hall–Kier alpha value is -1.36. The lowest BCUT2D eigenvalue weighted by molar-refractivity contribution is 0.0504. The number of hydrogen-bond donors (Lipinski definition) is 1. The maximum atomic E-state index is 11.8. The number of thioether (sulfide) groups is 1. The Morgan fingerprint density at radius 2 is 2.24 bits per heavy atom. The number of hydrogen-bond acceptors (Lipinski definition) is 5. The van der Waals surface area contributed by atoms with E-state index in [0.29, 0.717) is 23.6 Å². The van der Waals surface area contributed by atoms with Crippen molar-refractivity contribution >= 4 is 23.4 Å². The second-order valence-electron chi connectivity index (χ2n) is 3.41. The van der Waals surface area contributed by atoms with Gasteiger partial charge in [0.15, 0.2) is 0 Å². The molecule has 0 radical (unpaired) electrons. The molecule has 0 aromatic heterocycles. The molecule has 0 unspecified atom stereocenters. The van der Waals surface area contributed by atoms with Crippen molar-refractivity contribution in [2.45, 2.75) is 6.42 Å². The summed E-state index contributed by atoms with van der Waals surface area (Å²) in [5, 5.41) is 0. The van der Waals surface area contributed by atoms with Gasteiger partial charge in [0.05, 0.1) is 13.7 Å². The fraction of sp³-hybridized carbons (Fsp3) is 0.417. The van der Waals surface area contributed by atoms with E-state index < -0.39 is 5.97 Å². The van der Waals surface area contributed by atoms with Crippen molar-refractivity contribution in [1.82, 2.24) is 0 Å². The van der Waals surface area contributed by atoms with E-state index in [9.17, 15) is 4.79 Å². The Bertz CT molecular complexity index is 382. The summed E-state index contributed by atoms with van der Waals surface area (Å²) in [4.78, 5) is 11.8. The van der Waals surface area contributed by atoms with Crippen LogP contribution in [0.1, 0.15) is 16.8 Å². The molecule has 0 aliphatic rings. The van der Waals surface area contributed by atoms with Crippen molar-refractivity contribution in [2.24, 2.45) is 0 Å². The fourth-order valence-electron chi connectivity index (χ4n) is 1.38. The Kier molecular flexibility index (Phi) is 5.69. The van der Waals surface area contributed by atoms with Crippen molar-refractivity contribution in [3.05, 3.63) is 23.8 Å². The summed E-state index contributed by atoms with van der Waals surface area (Å²) < 4.78 is 10.2. The minimum Gasteiger partial charge on any atom is -0.496 e. The Balaban J connectivity index is 2.68. The van der Waals surface area contributed by atoms with E-state index >= 15 is 0 Å². The van der Waals surface area contributed by atoms with Crippen LogP contribution in [0.15, 0.2) is 18.2 Å². The van der Waals surface area contributed by atoms with Gasteiger partial charge in [-0.3, -0.25) is 0 Å². The maximum Gasteiger partial charge on any atom is 0.344 e. The van der Waals surface area contributed by atoms with E-state index in [1.54, 1.807) is 30.0 Å². The van der Waals surface area contributed by atoms with Crippen molar-refractivity contribution in [3.63, 3.8) is 0 Å². The number of ether oxygens (including phenoxy) is 2. The van der Waals surface area contributed by atoms with Gasteiger partial charge in [0.25, 0.3) is 0 Å². The molecule has 0 atom stereocenters. The lowest BCUT2D eigenvalue weighted by Gasteiger charge is -2.10. The van der Waals surface area contributed by atoms with Crippen LogP contribution in [-0.4, -0.2) is 31.7 Å². The highest BCUT2D eigenvalue weighted by molar-refractivity contribution is 7.98. The van der Waals surface area contributed by atoms with E-state index in [1.807, 2.05) is 6.26 Å². The molecule has 0 bridgehead atoms. The molecule has 17 heavy (non-hydrogen) atoms. The van der Waals surface area contributed by atoms with Gasteiger partial charge in [-0.15, -0.1) is 0 Å². The second-order valence-corrected chi connectivity index (χ2v) is 4.39. The molecule has 0 amide bonds. The number of nitrogens with two attached hydrogens (primary N) is 1. The number of carbonyl (C=O) groups excluding carboxylic acids is 1. The summed E-state index contributed by atoms with van der Waals surface area (Å²) in [6.45, 7) is 0.400. The molecule has 94 valence electrons. The van der Waals surface area contributed by atoms with E-state index in [2.05, 4.69) is 0 Å². The van der Waals surface area contributed by atoms with E-state index in [4.69, 9.17) is 15.2 Å². The highest BCUT2D eigenvalue weighted by atomic mass is 32.2. The van der Waals surface area contributed by atoms with E-state index in [1.165, 1.54) is 7.11 Å². The highest BCUT2D eigenvalue weighted by Gasteiger charge is 2.16. The van der Waals surface area contributed by atoms with Gasteiger partial charge in [0.1, 0.15) is 11.3 Å². The van der Waals surface area contributed by atoms with Crippen LogP contribution in [0, 0.1) is 0 Å². The number of esters is 1. The topological polar surface area (TPSA) is 61.5 Å². The zero-order valence-corrected chi connectivity index (χ0v) is 10.9. The van der Waals surface area contributed by atoms with Gasteiger partial charge in [0.2, 0.25) is 0 Å². The number of methoxy groups -OCH3 is 1. The first-order valence-electron chi connectivity index (χ1n) is 5.29. The van der Waals surface area contributed by atoms with Gasteiger partial charge in [0, 0.05) is 5.69 Å². The van der Waals surface area contributed by atoms with Gasteiger partial charge in [-0.1, -0.05) is 6.07 Å². The predicted molar refractivity (Wildman–Crippen MR) is 70.7 cm³/mol. The zero-order chi connectivity index (χ0) is 12.7. The lowest BCUT2D eigenvalue weighted by Crippen LogP contribution is -2.11. The molecule has 0 saturated carbocycles. The van der Waals surface area contributed by atoms with Crippen molar-refractivity contribution in [2.75, 3.05) is 31.5 Å². The zero-order valence-electron chi connectivity index (χ0n) is 10.1. The molecule has 1 aromatic carbocycles. The molecule has 0 aliphatic carbocycles. The molecule has 1 aromatic rings. The van der Waals surface area contributed by atoms with Crippen LogP contribution in [-0.2, 0) is 4.74 Å². The molecule has 0 aliphatic heterocycles. The Morgan fingerprint density at radius 1 is 1.47 bits per heavy atom. The average molecular weight is 255 g/mol. The summed E-state index contributed by atoms with van der Waals surface area (Å²) in [7, 11) is 1.50. The first kappa shape index (κ1) is 13.7. The summed E-state index contributed by atoms with van der Waals surface area (Å²) in [5.74, 6) is 0.982. The van der Waals surface area contributed by atoms with Crippen LogP contribution in [0.25, 0.3) is 0 Å². The molecule has 0 spiro atoms. The number of carbonyl (C=O) groups is 1. The predicted octanol–water partition coefficient (Wildman–Crippen LogP) is 2.19. The van der Waals surface area contributed by atoms with E-state index in [-0.39, 0.29) is 0 Å². The van der Waals surface area contributed by atoms with E-state index in [0.717, 1.165) is 12.2 Å². The standard InChI is InChI=1S/C12H17NO3S/c1-15-10-6-3-5-9(13)11(10)12(14)16-7-4-8-17-2/h3,5-6H,4,7-8,13H2,1-2H3. The second kappa shape index (κ2) is 7.06. The van der Waals surface area contributed by atoms with Crippen LogP contribution in [0.2, 0.25) is 0 Å². The van der Waals surface area contributed by atoms with Crippen LogP contribution in [0.3, 0.4) is 0 Å². The third-order valence-corrected chi connectivity index (χ3v) is 2.91. The number of anilines is 1. The smallest absolute Gasteiger partial charge is 0.344 e. The van der Waals surface area contributed by atoms with Crippen LogP contribution >= 0.6 is 11.8 Å². The molecular weight excluding hydrogens is 238 g/mol. The molecule has 1 rings (SSSR count). The summed E-state index contributed by atoms with van der Waals surface area (Å²) in [5.41, 5.74) is 6.42. The lowest BCUT2D eigenvalue weighted by atomic mass is 10.1. The third kappa shape index (κ3) is 3.85. The SMILES string of the molecule is COc1cccc(N)c1C(=O)OCCCSC. The van der Waals surface area contributed by atoms with Crippen molar-refractivity contribution in [3.8, 4) is 5.75 Å². The number of nitrogen functional groups attached to an aromatic ring is 1. The molecule has 0 heterocycles. The summed E-state index contributed by atoms with van der Waals surface area (Å²) in [6, 6.07) is 5.08. The van der Waals surface area contributed by atoms with Crippen LogP contribution in [0.5, 0.6) is 5.75 Å². The van der Waals surface area contributed by atoms with Gasteiger partial charge >= 0.3 is 5.97 Å². The normalized spacial score (nSPS) is 10.0. The Labute approximate surface area is 105 Å². The van der Waals surface area contributed by atoms with Gasteiger partial charge < -0.3 is 15.2 Å². The summed E-state index contributed by atoms with van der Waals surface area (Å²) >= 11 is 1.72. The quantitative estimate of drug-likeness (QED) is 0.479. The van der Waals surface area contributed by atoms with Gasteiger partial charge in [-0.05, 0) is 30.6 Å². The first-order chi connectivity index (χ1) is 8.20. The fourth-order valence-corrected chi connectivity index (χ4v) is 1.78. The third-order valence-electron chi connectivity index (χ3n) is 2.21. The van der Waals surface area contributed by atoms with Crippen LogP contribution < -0.4 is 10.5 Å². The first-order valence-corrected chi connectivity index (χ1v) is 6.68.